The Labute approximate surface area is 111 Å². The van der Waals surface area contributed by atoms with Crippen LogP contribution in [0.15, 0.2) is 0 Å². The molecular weight excluding hydrogens is 336 g/mol. The van der Waals surface area contributed by atoms with E-state index in [1.165, 1.54) is 0 Å². The molecule has 32 N–H and O–H groups in total. The molecule has 0 aromatic rings. The fourth-order valence-corrected chi connectivity index (χ4v) is 0. The molecule has 0 fully saturated rings. The van der Waals surface area contributed by atoms with Crippen molar-refractivity contribution in [3.8, 4) is 0 Å². The summed E-state index contributed by atoms with van der Waals surface area (Å²) in [5.41, 5.74) is 0. The molecule has 0 amide bonds. The van der Waals surface area contributed by atoms with E-state index in [0.29, 0.717) is 0 Å². The van der Waals surface area contributed by atoms with Crippen molar-refractivity contribution in [1.29, 1.82) is 0 Å². The van der Waals surface area contributed by atoms with Crippen LogP contribution in [-0.2, 0) is 10.4 Å². The molecule has 0 heterocycles. The van der Waals surface area contributed by atoms with Gasteiger partial charge in [0.15, 0.2) is 0 Å². The monoisotopic (exact) mass is 368 g/mol. The highest BCUT2D eigenvalue weighted by Crippen LogP contribution is 1.59. The Hall–Kier alpha value is -0.730. The topological polar surface area (TPSA) is 547 Å². The van der Waals surface area contributed by atoms with Gasteiger partial charge in [-0.25, -0.2) is 0 Å². The average molecular weight is 368 g/mol. The molecule has 0 saturated heterocycles. The van der Waals surface area contributed by atoms with Gasteiger partial charge in [-0.1, -0.05) is 0 Å². The lowest BCUT2D eigenvalue weighted by Crippen LogP contribution is -1.89. The first-order chi connectivity index (χ1) is 2.00. The van der Waals surface area contributed by atoms with Crippen LogP contribution < -0.4 is 0 Å². The normalized spacial score (nSPS) is 2.90. The minimum Gasteiger partial charge on any atom is -0.412 e. The maximum atomic E-state index is 8.74. The van der Waals surface area contributed by atoms with Gasteiger partial charge in [-0.3, -0.25) is 9.11 Å². The van der Waals surface area contributed by atoms with Crippen LogP contribution in [-0.4, -0.2) is 99.7 Å². The van der Waals surface area contributed by atoms with E-state index in [1.54, 1.807) is 0 Å². The third-order valence-electron chi connectivity index (χ3n) is 0. The maximum absolute atomic E-state index is 8.74. The summed E-state index contributed by atoms with van der Waals surface area (Å²) in [6, 6.07) is 0. The number of hydrogen-bond acceptors (Lipinski definition) is 2. The minimum absolute atomic E-state index is 0. The van der Waals surface area contributed by atoms with E-state index >= 15 is 0 Å². The quantitative estimate of drug-likeness (QED) is 0.392. The van der Waals surface area contributed by atoms with E-state index in [9.17, 15) is 0 Å². The molecule has 0 aromatic carbocycles. The molecule has 0 aromatic heterocycles. The molecule has 0 aliphatic carbocycles. The van der Waals surface area contributed by atoms with Gasteiger partial charge in [0, 0.05) is 0 Å². The molecule has 0 aliphatic heterocycles. The van der Waals surface area contributed by atoms with Crippen molar-refractivity contribution < 1.29 is 99.7 Å². The molecule has 0 spiro atoms. The fourth-order valence-electron chi connectivity index (χ4n) is 0. The molecule has 0 rings (SSSR count). The lowest BCUT2D eigenvalue weighted by atomic mass is 15.8. The molecule has 0 aliphatic rings. The Balaban J connectivity index is -0.000000000762. The van der Waals surface area contributed by atoms with Gasteiger partial charge in [0.2, 0.25) is 0 Å². The molecule has 0 bridgehead atoms. The summed E-state index contributed by atoms with van der Waals surface area (Å²) < 4.78 is 31.6. The van der Waals surface area contributed by atoms with Gasteiger partial charge in [-0.05, 0) is 0 Å². The Kier molecular flexibility index (Phi) is 5900. The second kappa shape index (κ2) is 196. The molecule has 0 saturated carbocycles. The molecule has 0 radical (unpaired) electrons. The van der Waals surface area contributed by atoms with Crippen LogP contribution in [0.3, 0.4) is 0 Å². The predicted molar refractivity (Wildman–Crippen MR) is 68.4 cm³/mol. The van der Waals surface area contributed by atoms with Gasteiger partial charge in [-0.15, -0.1) is 0 Å². The van der Waals surface area contributed by atoms with Gasteiger partial charge in [0.05, 0.1) is 0 Å². The first-order valence-corrected chi connectivity index (χ1v) is 2.10. The fraction of sp³-hybridized carbons (Fsp3) is 0. The van der Waals surface area contributed by atoms with E-state index in [0.717, 1.165) is 0 Å². The van der Waals surface area contributed by atoms with Crippen molar-refractivity contribution in [1.82, 2.24) is 0 Å². The largest absolute Gasteiger partial charge is 0.412 e. The highest BCUT2D eigenvalue weighted by Gasteiger charge is 1.84. The SMILES string of the molecule is O.O.O.O.O.O.O.O.O.O.O.O.O.O.O.O=S(=O)(O)O. The zero-order chi connectivity index (χ0) is 4.50. The average Bonchev–Trinajstić information content (AvgIpc) is 0.722. The van der Waals surface area contributed by atoms with Crippen molar-refractivity contribution in [2.24, 2.45) is 0 Å². The molecule has 152 valence electrons. The zero-order valence-electron chi connectivity index (χ0n) is 9.62. The minimum atomic E-state index is -4.67. The second-order valence-electron chi connectivity index (χ2n) is 0.448. The number of hydrogen-bond donors (Lipinski definition) is 2. The van der Waals surface area contributed by atoms with Crippen LogP contribution in [0, 0.1) is 0 Å². The Morgan fingerprint density at radius 1 is 0.350 bits per heavy atom. The third-order valence-corrected chi connectivity index (χ3v) is 0. The van der Waals surface area contributed by atoms with E-state index < -0.39 is 10.4 Å². The lowest BCUT2D eigenvalue weighted by Gasteiger charge is -1.68. The summed E-state index contributed by atoms with van der Waals surface area (Å²) in [7, 11) is -4.67. The Morgan fingerprint density at radius 3 is 0.350 bits per heavy atom. The smallest absolute Gasteiger partial charge is 0.394 e. The van der Waals surface area contributed by atoms with Crippen LogP contribution in [0.4, 0.5) is 0 Å². The molecular formula is H32O19S. The van der Waals surface area contributed by atoms with E-state index in [-0.39, 0.29) is 82.1 Å². The van der Waals surface area contributed by atoms with Crippen molar-refractivity contribution in [2.75, 3.05) is 0 Å². The standard InChI is InChI=1S/H2O4S.15H2O/c1-5(2,3)4;;;;;;;;;;;;;;;/h(H2,1,2,3,4);15*1H2. The molecule has 20 heteroatoms. The molecule has 0 unspecified atom stereocenters. The van der Waals surface area contributed by atoms with Crippen LogP contribution in [0.2, 0.25) is 0 Å². The van der Waals surface area contributed by atoms with Crippen molar-refractivity contribution in [3.05, 3.63) is 0 Å². The molecule has 19 nitrogen and oxygen atoms in total. The summed E-state index contributed by atoms with van der Waals surface area (Å²) in [6.07, 6.45) is 0. The van der Waals surface area contributed by atoms with Gasteiger partial charge < -0.3 is 82.1 Å². The van der Waals surface area contributed by atoms with Gasteiger partial charge in [-0.2, -0.15) is 8.42 Å². The second-order valence-corrected chi connectivity index (χ2v) is 1.34. The summed E-state index contributed by atoms with van der Waals surface area (Å²) in [6.45, 7) is 0. The summed E-state index contributed by atoms with van der Waals surface area (Å²) in [4.78, 5) is 0. The van der Waals surface area contributed by atoms with Gasteiger partial charge in [0.25, 0.3) is 0 Å². The van der Waals surface area contributed by atoms with Crippen LogP contribution >= 0.6 is 0 Å². The summed E-state index contributed by atoms with van der Waals surface area (Å²) in [5.74, 6) is 0. The molecule has 0 atom stereocenters. The van der Waals surface area contributed by atoms with E-state index in [4.69, 9.17) is 17.5 Å². The highest BCUT2D eigenvalue weighted by molar-refractivity contribution is 7.79. The Bertz CT molecular complexity index is 88.9. The van der Waals surface area contributed by atoms with E-state index in [2.05, 4.69) is 0 Å². The first kappa shape index (κ1) is 602. The third kappa shape index (κ3) is 8580. The predicted octanol–water partition coefficient (Wildman–Crippen LogP) is -13.0. The Morgan fingerprint density at radius 2 is 0.350 bits per heavy atom. The van der Waals surface area contributed by atoms with Crippen LogP contribution in [0.25, 0.3) is 0 Å². The highest BCUT2D eigenvalue weighted by atomic mass is 32.3. The van der Waals surface area contributed by atoms with Crippen LogP contribution in [0.5, 0.6) is 0 Å². The maximum Gasteiger partial charge on any atom is 0.394 e. The lowest BCUT2D eigenvalue weighted by molar-refractivity contribution is 0.381. The van der Waals surface area contributed by atoms with E-state index in [1.807, 2.05) is 0 Å². The van der Waals surface area contributed by atoms with Crippen molar-refractivity contribution in [2.45, 2.75) is 0 Å². The summed E-state index contributed by atoms with van der Waals surface area (Å²) in [5, 5.41) is 0. The van der Waals surface area contributed by atoms with Crippen molar-refractivity contribution >= 4 is 10.4 Å². The van der Waals surface area contributed by atoms with Crippen LogP contribution in [0.1, 0.15) is 0 Å². The zero-order valence-corrected chi connectivity index (χ0v) is 10.4. The first-order valence-electron chi connectivity index (χ1n) is 0.698. The van der Waals surface area contributed by atoms with Gasteiger partial charge >= 0.3 is 10.4 Å². The molecule has 20 heavy (non-hydrogen) atoms. The number of rotatable bonds is 0. The van der Waals surface area contributed by atoms with Crippen molar-refractivity contribution in [3.63, 3.8) is 0 Å². The summed E-state index contributed by atoms with van der Waals surface area (Å²) >= 11 is 0. The van der Waals surface area contributed by atoms with Gasteiger partial charge in [0.1, 0.15) is 0 Å².